The van der Waals surface area contributed by atoms with Crippen LogP contribution in [0.1, 0.15) is 12.5 Å². The van der Waals surface area contributed by atoms with E-state index in [0.717, 1.165) is 17.8 Å². The van der Waals surface area contributed by atoms with Crippen LogP contribution in [-0.2, 0) is 0 Å². The SMILES string of the molecule is CCN(c1ccccc1)c1ccc(N)c(C)c1. The summed E-state index contributed by atoms with van der Waals surface area (Å²) >= 11 is 0. The zero-order valence-electron chi connectivity index (χ0n) is 10.4. The molecule has 0 heterocycles. The maximum Gasteiger partial charge on any atom is 0.0414 e. The molecule has 2 aromatic carbocycles. The van der Waals surface area contributed by atoms with Crippen molar-refractivity contribution in [1.82, 2.24) is 0 Å². The maximum absolute atomic E-state index is 5.85. The third-order valence-corrected chi connectivity index (χ3v) is 2.95. The molecule has 88 valence electrons. The fraction of sp³-hybridized carbons (Fsp3) is 0.200. The summed E-state index contributed by atoms with van der Waals surface area (Å²) in [6, 6.07) is 16.6. The Hall–Kier alpha value is -1.96. The van der Waals surface area contributed by atoms with Crippen LogP contribution in [0.3, 0.4) is 0 Å². The highest BCUT2D eigenvalue weighted by Crippen LogP contribution is 2.27. The number of benzene rings is 2. The zero-order chi connectivity index (χ0) is 12.3. The van der Waals surface area contributed by atoms with Gasteiger partial charge in [0, 0.05) is 23.6 Å². The van der Waals surface area contributed by atoms with E-state index in [1.54, 1.807) is 0 Å². The second-order valence-corrected chi connectivity index (χ2v) is 4.12. The molecular weight excluding hydrogens is 208 g/mol. The zero-order valence-corrected chi connectivity index (χ0v) is 10.4. The molecule has 2 rings (SSSR count). The summed E-state index contributed by atoms with van der Waals surface area (Å²) in [4.78, 5) is 2.27. The van der Waals surface area contributed by atoms with Crippen molar-refractivity contribution in [2.75, 3.05) is 17.2 Å². The van der Waals surface area contributed by atoms with Gasteiger partial charge in [-0.3, -0.25) is 0 Å². The third-order valence-electron chi connectivity index (χ3n) is 2.95. The van der Waals surface area contributed by atoms with E-state index in [1.807, 2.05) is 19.1 Å². The van der Waals surface area contributed by atoms with Gasteiger partial charge in [-0.05, 0) is 49.7 Å². The Morgan fingerprint density at radius 3 is 2.29 bits per heavy atom. The van der Waals surface area contributed by atoms with Crippen LogP contribution in [0.4, 0.5) is 17.1 Å². The van der Waals surface area contributed by atoms with Crippen LogP contribution in [0, 0.1) is 6.92 Å². The van der Waals surface area contributed by atoms with Crippen molar-refractivity contribution in [2.24, 2.45) is 0 Å². The van der Waals surface area contributed by atoms with Gasteiger partial charge in [0.05, 0.1) is 0 Å². The van der Waals surface area contributed by atoms with Gasteiger partial charge in [0.1, 0.15) is 0 Å². The first-order valence-electron chi connectivity index (χ1n) is 5.91. The second kappa shape index (κ2) is 4.91. The standard InChI is InChI=1S/C15H18N2/c1-3-17(13-7-5-4-6-8-13)14-9-10-15(16)12(2)11-14/h4-11H,3,16H2,1-2H3. The molecule has 0 aliphatic heterocycles. The van der Waals surface area contributed by atoms with Crippen molar-refractivity contribution in [2.45, 2.75) is 13.8 Å². The van der Waals surface area contributed by atoms with Gasteiger partial charge in [-0.2, -0.15) is 0 Å². The first kappa shape index (κ1) is 11.5. The van der Waals surface area contributed by atoms with E-state index in [1.165, 1.54) is 11.4 Å². The molecule has 2 aromatic rings. The van der Waals surface area contributed by atoms with Gasteiger partial charge < -0.3 is 10.6 Å². The molecule has 2 heteroatoms. The molecule has 0 radical (unpaired) electrons. The van der Waals surface area contributed by atoms with Gasteiger partial charge in [0.25, 0.3) is 0 Å². The monoisotopic (exact) mass is 226 g/mol. The number of anilines is 3. The molecular formula is C15H18N2. The molecule has 17 heavy (non-hydrogen) atoms. The van der Waals surface area contributed by atoms with E-state index in [-0.39, 0.29) is 0 Å². The molecule has 0 fully saturated rings. The first-order chi connectivity index (χ1) is 8.22. The Bertz CT molecular complexity index is 492. The van der Waals surface area contributed by atoms with Gasteiger partial charge in [-0.1, -0.05) is 18.2 Å². The lowest BCUT2D eigenvalue weighted by Crippen LogP contribution is -2.16. The van der Waals surface area contributed by atoms with Gasteiger partial charge in [0.2, 0.25) is 0 Å². The lowest BCUT2D eigenvalue weighted by atomic mass is 10.1. The van der Waals surface area contributed by atoms with E-state index in [4.69, 9.17) is 5.73 Å². The lowest BCUT2D eigenvalue weighted by molar-refractivity contribution is 1.02. The van der Waals surface area contributed by atoms with Gasteiger partial charge >= 0.3 is 0 Å². The van der Waals surface area contributed by atoms with Crippen molar-refractivity contribution in [3.8, 4) is 0 Å². The molecule has 0 bridgehead atoms. The highest BCUT2D eigenvalue weighted by molar-refractivity contribution is 5.66. The first-order valence-corrected chi connectivity index (χ1v) is 5.91. The van der Waals surface area contributed by atoms with E-state index in [9.17, 15) is 0 Å². The Balaban J connectivity index is 2.39. The van der Waals surface area contributed by atoms with Crippen LogP contribution in [-0.4, -0.2) is 6.54 Å². The summed E-state index contributed by atoms with van der Waals surface area (Å²) in [7, 11) is 0. The maximum atomic E-state index is 5.85. The van der Waals surface area contributed by atoms with Crippen LogP contribution >= 0.6 is 0 Å². The summed E-state index contributed by atoms with van der Waals surface area (Å²) in [5, 5.41) is 0. The molecule has 0 spiro atoms. The van der Waals surface area contributed by atoms with Gasteiger partial charge in [0.15, 0.2) is 0 Å². The number of nitrogens with two attached hydrogens (primary N) is 1. The number of aryl methyl sites for hydroxylation is 1. The minimum absolute atomic E-state index is 0.845. The highest BCUT2D eigenvalue weighted by Gasteiger charge is 2.07. The molecule has 0 amide bonds. The summed E-state index contributed by atoms with van der Waals surface area (Å²) < 4.78 is 0. The number of rotatable bonds is 3. The fourth-order valence-electron chi connectivity index (χ4n) is 1.95. The number of nitrogen functional groups attached to an aromatic ring is 1. The van der Waals surface area contributed by atoms with Crippen molar-refractivity contribution in [3.63, 3.8) is 0 Å². The molecule has 0 saturated carbocycles. The predicted octanol–water partition coefficient (Wildman–Crippen LogP) is 3.74. The minimum atomic E-state index is 0.845. The van der Waals surface area contributed by atoms with Gasteiger partial charge in [-0.15, -0.1) is 0 Å². The Morgan fingerprint density at radius 2 is 1.71 bits per heavy atom. The Morgan fingerprint density at radius 1 is 1.00 bits per heavy atom. The third kappa shape index (κ3) is 2.41. The topological polar surface area (TPSA) is 29.3 Å². The number of hydrogen-bond donors (Lipinski definition) is 1. The van der Waals surface area contributed by atoms with E-state index in [2.05, 4.69) is 48.2 Å². The molecule has 0 aromatic heterocycles. The van der Waals surface area contributed by atoms with Crippen molar-refractivity contribution >= 4 is 17.1 Å². The fourth-order valence-corrected chi connectivity index (χ4v) is 1.95. The van der Waals surface area contributed by atoms with Crippen molar-refractivity contribution in [3.05, 3.63) is 54.1 Å². The van der Waals surface area contributed by atoms with Crippen molar-refractivity contribution in [1.29, 1.82) is 0 Å². The quantitative estimate of drug-likeness (QED) is 0.808. The molecule has 2 N–H and O–H groups in total. The number of nitrogens with zero attached hydrogens (tertiary/aromatic N) is 1. The van der Waals surface area contributed by atoms with E-state index >= 15 is 0 Å². The van der Waals surface area contributed by atoms with Crippen LogP contribution in [0.25, 0.3) is 0 Å². The molecule has 0 unspecified atom stereocenters. The second-order valence-electron chi connectivity index (χ2n) is 4.12. The highest BCUT2D eigenvalue weighted by atomic mass is 15.1. The lowest BCUT2D eigenvalue weighted by Gasteiger charge is -2.24. The predicted molar refractivity (Wildman–Crippen MR) is 74.7 cm³/mol. The summed E-state index contributed by atoms with van der Waals surface area (Å²) in [6.45, 7) is 5.13. The molecule has 0 aliphatic rings. The van der Waals surface area contributed by atoms with Crippen molar-refractivity contribution < 1.29 is 0 Å². The average Bonchev–Trinajstić information content (AvgIpc) is 2.36. The smallest absolute Gasteiger partial charge is 0.0414 e. The molecule has 0 saturated heterocycles. The largest absolute Gasteiger partial charge is 0.399 e. The Labute approximate surface area is 103 Å². The number of para-hydroxylation sites is 1. The average molecular weight is 226 g/mol. The minimum Gasteiger partial charge on any atom is -0.399 e. The summed E-state index contributed by atoms with van der Waals surface area (Å²) in [5.41, 5.74) is 10.2. The van der Waals surface area contributed by atoms with Crippen LogP contribution in [0.2, 0.25) is 0 Å². The molecule has 2 nitrogen and oxygen atoms in total. The number of hydrogen-bond acceptors (Lipinski definition) is 2. The molecule has 0 atom stereocenters. The Kier molecular flexibility index (Phi) is 3.33. The van der Waals surface area contributed by atoms with E-state index in [0.29, 0.717) is 0 Å². The molecule has 0 aliphatic carbocycles. The summed E-state index contributed by atoms with van der Waals surface area (Å²) in [5.74, 6) is 0. The van der Waals surface area contributed by atoms with Crippen LogP contribution < -0.4 is 10.6 Å². The normalized spacial score (nSPS) is 10.2. The van der Waals surface area contributed by atoms with E-state index < -0.39 is 0 Å². The van der Waals surface area contributed by atoms with Crippen LogP contribution in [0.15, 0.2) is 48.5 Å². The van der Waals surface area contributed by atoms with Gasteiger partial charge in [-0.25, -0.2) is 0 Å². The van der Waals surface area contributed by atoms with Crippen LogP contribution in [0.5, 0.6) is 0 Å². The summed E-state index contributed by atoms with van der Waals surface area (Å²) in [6.07, 6.45) is 0.